The molecule has 1 aromatic carbocycles. The monoisotopic (exact) mass is 352 g/mol. The van der Waals surface area contributed by atoms with E-state index in [1.165, 1.54) is 5.56 Å². The number of carbonyl (C=O) groups is 1. The van der Waals surface area contributed by atoms with Crippen LogP contribution in [0.1, 0.15) is 19.2 Å². The highest BCUT2D eigenvalue weighted by atomic mass is 32.1. The van der Waals surface area contributed by atoms with Gasteiger partial charge in [-0.1, -0.05) is 30.3 Å². The summed E-state index contributed by atoms with van der Waals surface area (Å²) in [6.07, 6.45) is 0.481. The third kappa shape index (κ3) is 2.98. The quantitative estimate of drug-likeness (QED) is 0.768. The molecule has 1 saturated heterocycles. The number of thiophene rings is 1. The molecule has 3 heterocycles. The van der Waals surface area contributed by atoms with Crippen molar-refractivity contribution in [3.8, 4) is 11.1 Å². The van der Waals surface area contributed by atoms with E-state index < -0.39 is 0 Å². The van der Waals surface area contributed by atoms with Gasteiger partial charge in [0, 0.05) is 36.5 Å². The molecule has 1 aliphatic rings. The zero-order valence-corrected chi connectivity index (χ0v) is 15.1. The summed E-state index contributed by atoms with van der Waals surface area (Å²) in [5.41, 5.74) is 2.32. The lowest BCUT2D eigenvalue weighted by Crippen LogP contribution is -2.35. The van der Waals surface area contributed by atoms with Crippen LogP contribution in [0.2, 0.25) is 0 Å². The van der Waals surface area contributed by atoms with Crippen molar-refractivity contribution in [2.24, 2.45) is 0 Å². The third-order valence-electron chi connectivity index (χ3n) is 4.57. The highest BCUT2D eigenvalue weighted by Gasteiger charge is 2.26. The van der Waals surface area contributed by atoms with Crippen molar-refractivity contribution in [3.63, 3.8) is 0 Å². The third-order valence-corrected chi connectivity index (χ3v) is 5.44. The number of benzene rings is 1. The average molecular weight is 352 g/mol. The fourth-order valence-electron chi connectivity index (χ4n) is 3.37. The van der Waals surface area contributed by atoms with Crippen LogP contribution < -0.4 is 10.2 Å². The molecule has 1 amide bonds. The zero-order valence-electron chi connectivity index (χ0n) is 14.3. The minimum absolute atomic E-state index is 0.100. The van der Waals surface area contributed by atoms with E-state index in [1.54, 1.807) is 11.3 Å². The van der Waals surface area contributed by atoms with Crippen LogP contribution in [0.4, 0.5) is 5.82 Å². The molecule has 6 heteroatoms. The van der Waals surface area contributed by atoms with E-state index in [-0.39, 0.29) is 11.9 Å². The van der Waals surface area contributed by atoms with Gasteiger partial charge in [0.2, 0.25) is 5.91 Å². The van der Waals surface area contributed by atoms with E-state index in [2.05, 4.69) is 39.6 Å². The van der Waals surface area contributed by atoms with E-state index >= 15 is 0 Å². The van der Waals surface area contributed by atoms with Crippen molar-refractivity contribution in [2.75, 3.05) is 18.0 Å². The Hall–Kier alpha value is -2.47. The van der Waals surface area contributed by atoms with Gasteiger partial charge in [0.05, 0.1) is 5.39 Å². The number of hydrogen-bond donors (Lipinski definition) is 1. The molecule has 0 bridgehead atoms. The summed E-state index contributed by atoms with van der Waals surface area (Å²) in [6, 6.07) is 10.4. The van der Waals surface area contributed by atoms with Gasteiger partial charge in [-0.05, 0) is 19.4 Å². The van der Waals surface area contributed by atoms with E-state index in [0.717, 1.165) is 34.0 Å². The van der Waals surface area contributed by atoms with Crippen LogP contribution in [0.15, 0.2) is 35.7 Å². The van der Waals surface area contributed by atoms with Crippen LogP contribution in [0, 0.1) is 6.92 Å². The highest BCUT2D eigenvalue weighted by molar-refractivity contribution is 7.17. The van der Waals surface area contributed by atoms with Gasteiger partial charge >= 0.3 is 0 Å². The Morgan fingerprint density at radius 2 is 2.04 bits per heavy atom. The fraction of sp³-hybridized carbons (Fsp3) is 0.316. The Labute approximate surface area is 150 Å². The molecule has 4 rings (SSSR count). The van der Waals surface area contributed by atoms with Crippen LogP contribution in [0.5, 0.6) is 0 Å². The lowest BCUT2D eigenvalue weighted by Gasteiger charge is -2.28. The minimum Gasteiger partial charge on any atom is -0.354 e. The van der Waals surface area contributed by atoms with Gasteiger partial charge in [0.1, 0.15) is 16.5 Å². The molecule has 1 N–H and O–H groups in total. The molecule has 0 saturated carbocycles. The predicted octanol–water partition coefficient (Wildman–Crippen LogP) is 3.38. The standard InChI is InChI=1S/C19H20N4OS/c1-12-10-16(24)20-8-9-23(12)18-17-15(14-6-4-3-5-7-14)11-25-19(17)22-13(2)21-18/h3-7,11-12H,8-10H2,1-2H3,(H,20,24). The van der Waals surface area contributed by atoms with Gasteiger partial charge in [-0.3, -0.25) is 4.79 Å². The van der Waals surface area contributed by atoms with Gasteiger partial charge in [0.15, 0.2) is 0 Å². The number of carbonyl (C=O) groups excluding carboxylic acids is 1. The van der Waals surface area contributed by atoms with Gasteiger partial charge < -0.3 is 10.2 Å². The maximum absolute atomic E-state index is 11.9. The number of rotatable bonds is 2. The molecule has 1 atom stereocenters. The summed E-state index contributed by atoms with van der Waals surface area (Å²) in [7, 11) is 0. The smallest absolute Gasteiger partial charge is 0.222 e. The van der Waals surface area contributed by atoms with Crippen molar-refractivity contribution in [2.45, 2.75) is 26.3 Å². The first-order valence-electron chi connectivity index (χ1n) is 8.48. The molecule has 1 aliphatic heterocycles. The topological polar surface area (TPSA) is 58.1 Å². The highest BCUT2D eigenvalue weighted by Crippen LogP contribution is 2.39. The molecular weight excluding hydrogens is 332 g/mol. The molecule has 3 aromatic rings. The summed E-state index contributed by atoms with van der Waals surface area (Å²) in [5, 5.41) is 6.20. The molecule has 0 aliphatic carbocycles. The number of nitrogens with one attached hydrogen (secondary N) is 1. The number of nitrogens with zero attached hydrogens (tertiary/aromatic N) is 3. The van der Waals surface area contributed by atoms with Crippen LogP contribution >= 0.6 is 11.3 Å². The van der Waals surface area contributed by atoms with Crippen LogP contribution in [0.25, 0.3) is 21.3 Å². The van der Waals surface area contributed by atoms with E-state index in [1.807, 2.05) is 25.1 Å². The first kappa shape index (κ1) is 16.0. The Morgan fingerprint density at radius 3 is 2.84 bits per heavy atom. The van der Waals surface area contributed by atoms with Crippen molar-refractivity contribution in [3.05, 3.63) is 41.5 Å². The van der Waals surface area contributed by atoms with E-state index in [4.69, 9.17) is 4.98 Å². The minimum atomic E-state index is 0.100. The first-order chi connectivity index (χ1) is 12.1. The molecule has 5 nitrogen and oxygen atoms in total. The molecule has 25 heavy (non-hydrogen) atoms. The average Bonchev–Trinajstić information content (AvgIpc) is 2.94. The lowest BCUT2D eigenvalue weighted by molar-refractivity contribution is -0.120. The van der Waals surface area contributed by atoms with Crippen molar-refractivity contribution in [1.29, 1.82) is 0 Å². The number of anilines is 1. The van der Waals surface area contributed by atoms with Gasteiger partial charge in [-0.25, -0.2) is 9.97 Å². The number of fused-ring (bicyclic) bond motifs is 1. The van der Waals surface area contributed by atoms with Gasteiger partial charge in [-0.2, -0.15) is 0 Å². The molecule has 128 valence electrons. The lowest BCUT2D eigenvalue weighted by atomic mass is 10.1. The van der Waals surface area contributed by atoms with Crippen LogP contribution in [-0.2, 0) is 4.79 Å². The van der Waals surface area contributed by atoms with Gasteiger partial charge in [0.25, 0.3) is 0 Å². The second kappa shape index (κ2) is 6.44. The summed E-state index contributed by atoms with van der Waals surface area (Å²) < 4.78 is 0. The Morgan fingerprint density at radius 1 is 1.24 bits per heavy atom. The molecule has 1 fully saturated rings. The first-order valence-corrected chi connectivity index (χ1v) is 9.36. The predicted molar refractivity (Wildman–Crippen MR) is 102 cm³/mol. The van der Waals surface area contributed by atoms with Gasteiger partial charge in [-0.15, -0.1) is 11.3 Å². The summed E-state index contributed by atoms with van der Waals surface area (Å²) in [6.45, 7) is 5.40. The van der Waals surface area contributed by atoms with Crippen molar-refractivity contribution >= 4 is 33.3 Å². The fourth-order valence-corrected chi connectivity index (χ4v) is 4.35. The number of hydrogen-bond acceptors (Lipinski definition) is 5. The SMILES string of the molecule is Cc1nc(N2CCNC(=O)CC2C)c2c(-c3ccccc3)csc2n1. The summed E-state index contributed by atoms with van der Waals surface area (Å²) >= 11 is 1.65. The Kier molecular flexibility index (Phi) is 4.13. The Balaban J connectivity index is 1.90. The van der Waals surface area contributed by atoms with Crippen LogP contribution in [0.3, 0.4) is 0 Å². The Bertz CT molecular complexity index is 922. The van der Waals surface area contributed by atoms with Crippen LogP contribution in [-0.4, -0.2) is 35.0 Å². The number of aryl methyl sites for hydroxylation is 1. The summed E-state index contributed by atoms with van der Waals surface area (Å²) in [4.78, 5) is 24.5. The molecule has 2 aromatic heterocycles. The second-order valence-electron chi connectivity index (χ2n) is 6.39. The van der Waals surface area contributed by atoms with Crippen molar-refractivity contribution in [1.82, 2.24) is 15.3 Å². The summed E-state index contributed by atoms with van der Waals surface area (Å²) in [5.74, 6) is 1.80. The van der Waals surface area contributed by atoms with Crippen molar-refractivity contribution < 1.29 is 4.79 Å². The zero-order chi connectivity index (χ0) is 17.4. The van der Waals surface area contributed by atoms with E-state index in [0.29, 0.717) is 13.0 Å². The molecule has 0 radical (unpaired) electrons. The van der Waals surface area contributed by atoms with E-state index in [9.17, 15) is 4.79 Å². The normalized spacial score (nSPS) is 18.2. The molecule has 1 unspecified atom stereocenters. The second-order valence-corrected chi connectivity index (χ2v) is 7.24. The molecular formula is C19H20N4OS. The number of amides is 1. The molecule has 0 spiro atoms. The maximum atomic E-state index is 11.9. The maximum Gasteiger partial charge on any atom is 0.222 e. The number of aromatic nitrogens is 2. The largest absolute Gasteiger partial charge is 0.354 e.